The third-order valence-electron chi connectivity index (χ3n) is 2.37. The summed E-state index contributed by atoms with van der Waals surface area (Å²) in [5.41, 5.74) is 9.38. The van der Waals surface area contributed by atoms with E-state index >= 15 is 0 Å². The molecule has 1 aromatic carbocycles. The number of aliphatic hydroxyl groups excluding tert-OH is 2. The number of azide groups is 1. The van der Waals surface area contributed by atoms with Crippen LogP contribution in [0.4, 0.5) is 0 Å². The van der Waals surface area contributed by atoms with E-state index in [0.29, 0.717) is 11.1 Å². The van der Waals surface area contributed by atoms with Crippen molar-refractivity contribution in [3.63, 3.8) is 0 Å². The first-order valence-corrected chi connectivity index (χ1v) is 5.12. The minimum Gasteiger partial charge on any atom is -0.390 e. The van der Waals surface area contributed by atoms with Crippen molar-refractivity contribution >= 4 is 0 Å². The Bertz CT molecular complexity index is 444. The number of nitrogens with zero attached hydrogens (tertiary/aromatic N) is 3. The van der Waals surface area contributed by atoms with Gasteiger partial charge < -0.3 is 10.2 Å². The highest BCUT2D eigenvalue weighted by molar-refractivity contribution is 5.35. The average Bonchev–Trinajstić information content (AvgIpc) is 2.38. The van der Waals surface area contributed by atoms with E-state index in [1.165, 1.54) is 0 Å². The molecule has 0 bridgehead atoms. The van der Waals surface area contributed by atoms with Crippen LogP contribution in [0.1, 0.15) is 23.7 Å². The summed E-state index contributed by atoms with van der Waals surface area (Å²) >= 11 is 0. The van der Waals surface area contributed by atoms with E-state index in [1.54, 1.807) is 24.3 Å². The van der Waals surface area contributed by atoms with Crippen LogP contribution in [0.5, 0.6) is 0 Å². The molecule has 5 heteroatoms. The van der Waals surface area contributed by atoms with Gasteiger partial charge in [-0.3, -0.25) is 0 Å². The van der Waals surface area contributed by atoms with E-state index < -0.39 is 12.2 Å². The molecular weight excluding hydrogens is 218 g/mol. The number of aliphatic hydroxyl groups is 2. The molecular formula is C12H13N3O2. The number of hydrogen-bond acceptors (Lipinski definition) is 3. The zero-order valence-corrected chi connectivity index (χ0v) is 9.19. The first-order valence-electron chi connectivity index (χ1n) is 5.12. The summed E-state index contributed by atoms with van der Waals surface area (Å²) < 4.78 is 0. The van der Waals surface area contributed by atoms with Gasteiger partial charge in [0.05, 0.1) is 6.10 Å². The van der Waals surface area contributed by atoms with Crippen molar-refractivity contribution < 1.29 is 10.2 Å². The first kappa shape index (κ1) is 13.1. The number of hydrogen-bond donors (Lipinski definition) is 2. The highest BCUT2D eigenvalue weighted by atomic mass is 16.3. The van der Waals surface area contributed by atoms with E-state index in [9.17, 15) is 10.2 Å². The van der Waals surface area contributed by atoms with Crippen LogP contribution < -0.4 is 0 Å². The van der Waals surface area contributed by atoms with Gasteiger partial charge in [-0.05, 0) is 29.6 Å². The fourth-order valence-corrected chi connectivity index (χ4v) is 1.39. The quantitative estimate of drug-likeness (QED) is 0.350. The number of rotatable bonds is 5. The van der Waals surface area contributed by atoms with Crippen molar-refractivity contribution in [1.29, 1.82) is 0 Å². The fourth-order valence-electron chi connectivity index (χ4n) is 1.39. The molecule has 17 heavy (non-hydrogen) atoms. The van der Waals surface area contributed by atoms with E-state index in [4.69, 9.17) is 12.0 Å². The van der Waals surface area contributed by atoms with Crippen LogP contribution in [0, 0.1) is 12.3 Å². The van der Waals surface area contributed by atoms with E-state index in [-0.39, 0.29) is 13.0 Å². The van der Waals surface area contributed by atoms with Crippen LogP contribution in [-0.4, -0.2) is 22.9 Å². The van der Waals surface area contributed by atoms with Gasteiger partial charge in [0, 0.05) is 17.0 Å². The van der Waals surface area contributed by atoms with Gasteiger partial charge in [-0.1, -0.05) is 23.2 Å². The van der Waals surface area contributed by atoms with Crippen molar-refractivity contribution in [3.05, 3.63) is 45.8 Å². The second kappa shape index (κ2) is 6.56. The predicted molar refractivity (Wildman–Crippen MR) is 64.0 cm³/mol. The van der Waals surface area contributed by atoms with Crippen LogP contribution in [0.15, 0.2) is 29.4 Å². The summed E-state index contributed by atoms with van der Waals surface area (Å²) in [6, 6.07) is 6.71. The van der Waals surface area contributed by atoms with E-state index in [0.717, 1.165) is 0 Å². The SMILES string of the molecule is C#Cc1ccc(C(O)C(O)CCN=[N+]=[N-])cc1. The summed E-state index contributed by atoms with van der Waals surface area (Å²) in [6.45, 7) is 0.150. The Labute approximate surface area is 99.3 Å². The second-order valence-corrected chi connectivity index (χ2v) is 3.52. The van der Waals surface area contributed by atoms with Gasteiger partial charge in [0.25, 0.3) is 0 Å². The fraction of sp³-hybridized carbons (Fsp3) is 0.333. The standard InChI is InChI=1S/C12H13N3O2/c1-2-9-3-5-10(6-4-9)12(17)11(16)7-8-14-15-13/h1,3-6,11-12,16-17H,7-8H2. The average molecular weight is 231 g/mol. The van der Waals surface area contributed by atoms with Gasteiger partial charge in [-0.2, -0.15) is 0 Å². The molecule has 1 aromatic rings. The molecule has 0 heterocycles. The van der Waals surface area contributed by atoms with Crippen LogP contribution >= 0.6 is 0 Å². The van der Waals surface area contributed by atoms with Crippen LogP contribution in [0.3, 0.4) is 0 Å². The third kappa shape index (κ3) is 3.82. The van der Waals surface area contributed by atoms with E-state index in [2.05, 4.69) is 15.9 Å². The molecule has 1 rings (SSSR count). The highest BCUT2D eigenvalue weighted by Crippen LogP contribution is 2.19. The Morgan fingerprint density at radius 2 is 2.00 bits per heavy atom. The smallest absolute Gasteiger partial charge is 0.105 e. The minimum absolute atomic E-state index is 0.150. The lowest BCUT2D eigenvalue weighted by Crippen LogP contribution is -2.19. The summed E-state index contributed by atoms with van der Waals surface area (Å²) in [7, 11) is 0. The number of terminal acetylenes is 1. The van der Waals surface area contributed by atoms with Crippen molar-refractivity contribution in [2.45, 2.75) is 18.6 Å². The molecule has 0 spiro atoms. The third-order valence-corrected chi connectivity index (χ3v) is 2.37. The molecule has 0 aliphatic carbocycles. The lowest BCUT2D eigenvalue weighted by Gasteiger charge is -2.17. The number of benzene rings is 1. The summed E-state index contributed by atoms with van der Waals surface area (Å²) in [4.78, 5) is 2.57. The Hall–Kier alpha value is -1.99. The largest absolute Gasteiger partial charge is 0.390 e. The van der Waals surface area contributed by atoms with Gasteiger partial charge in [-0.25, -0.2) is 0 Å². The van der Waals surface area contributed by atoms with Crippen molar-refractivity contribution in [2.24, 2.45) is 5.11 Å². The van der Waals surface area contributed by atoms with Crippen LogP contribution in [-0.2, 0) is 0 Å². The van der Waals surface area contributed by atoms with Gasteiger partial charge in [0.15, 0.2) is 0 Å². The molecule has 2 N–H and O–H groups in total. The second-order valence-electron chi connectivity index (χ2n) is 3.52. The zero-order chi connectivity index (χ0) is 12.7. The zero-order valence-electron chi connectivity index (χ0n) is 9.19. The lowest BCUT2D eigenvalue weighted by atomic mass is 10.0. The molecule has 0 aliphatic rings. The topological polar surface area (TPSA) is 89.2 Å². The molecule has 0 saturated heterocycles. The molecule has 2 atom stereocenters. The van der Waals surface area contributed by atoms with Crippen molar-refractivity contribution in [1.82, 2.24) is 0 Å². The highest BCUT2D eigenvalue weighted by Gasteiger charge is 2.17. The minimum atomic E-state index is -1.00. The van der Waals surface area contributed by atoms with Gasteiger partial charge in [0.1, 0.15) is 6.10 Å². The Morgan fingerprint density at radius 1 is 1.35 bits per heavy atom. The monoisotopic (exact) mass is 231 g/mol. The molecule has 5 nitrogen and oxygen atoms in total. The molecule has 0 fully saturated rings. The van der Waals surface area contributed by atoms with Gasteiger partial charge in [0.2, 0.25) is 0 Å². The normalized spacial score (nSPS) is 13.2. The summed E-state index contributed by atoms with van der Waals surface area (Å²) in [5, 5.41) is 22.8. The van der Waals surface area contributed by atoms with Crippen molar-refractivity contribution in [3.8, 4) is 12.3 Å². The molecule has 2 unspecified atom stereocenters. The van der Waals surface area contributed by atoms with Gasteiger partial charge in [-0.15, -0.1) is 6.42 Å². The molecule has 0 aromatic heterocycles. The summed E-state index contributed by atoms with van der Waals surface area (Å²) in [5.74, 6) is 2.46. The van der Waals surface area contributed by atoms with E-state index in [1.807, 2.05) is 0 Å². The van der Waals surface area contributed by atoms with Crippen LogP contribution in [0.2, 0.25) is 0 Å². The Balaban J connectivity index is 2.64. The molecule has 0 saturated carbocycles. The molecule has 88 valence electrons. The summed E-state index contributed by atoms with van der Waals surface area (Å²) in [6.07, 6.45) is 3.45. The van der Waals surface area contributed by atoms with Crippen LogP contribution in [0.25, 0.3) is 10.4 Å². The lowest BCUT2D eigenvalue weighted by molar-refractivity contribution is 0.0150. The maximum absolute atomic E-state index is 9.82. The molecule has 0 aliphatic heterocycles. The molecule has 0 amide bonds. The van der Waals surface area contributed by atoms with Crippen molar-refractivity contribution in [2.75, 3.05) is 6.54 Å². The maximum atomic E-state index is 9.82. The Morgan fingerprint density at radius 3 is 2.53 bits per heavy atom. The maximum Gasteiger partial charge on any atom is 0.105 e. The Kier molecular flexibility index (Phi) is 5.05. The van der Waals surface area contributed by atoms with Gasteiger partial charge >= 0.3 is 0 Å². The first-order chi connectivity index (χ1) is 8.19. The molecule has 0 radical (unpaired) electrons. The predicted octanol–water partition coefficient (Wildman–Crippen LogP) is 1.76.